The highest BCUT2D eigenvalue weighted by molar-refractivity contribution is 6.23. The maximum atomic E-state index is 12.4. The van der Waals surface area contributed by atoms with Crippen molar-refractivity contribution >= 4 is 23.6 Å². The second-order valence-corrected chi connectivity index (χ2v) is 5.25. The average molecular weight is 275 g/mol. The number of carbonyl (C=O) groups is 3. The molecule has 2 heterocycles. The average Bonchev–Trinajstić information content (AvgIpc) is 2.55. The van der Waals surface area contributed by atoms with Gasteiger partial charge in [-0.15, -0.1) is 0 Å². The quantitative estimate of drug-likeness (QED) is 0.733. The first kappa shape index (κ1) is 14.2. The van der Waals surface area contributed by atoms with E-state index >= 15 is 0 Å². The van der Waals surface area contributed by atoms with E-state index in [4.69, 9.17) is 5.41 Å². The van der Waals surface area contributed by atoms with Crippen LogP contribution in [0.15, 0.2) is 22.8 Å². The molecular weight excluding hydrogens is 258 g/mol. The Kier molecular flexibility index (Phi) is 3.57. The van der Waals surface area contributed by atoms with Gasteiger partial charge in [-0.2, -0.15) is 0 Å². The van der Waals surface area contributed by atoms with Gasteiger partial charge in [-0.05, 0) is 27.2 Å². The molecule has 0 radical (unpaired) electrons. The summed E-state index contributed by atoms with van der Waals surface area (Å²) in [6.45, 7) is 5.43. The number of allylic oxidation sites excluding steroid dienone is 1. The molecule has 0 aromatic heterocycles. The number of hydrogen-bond donors (Lipinski definition) is 2. The molecule has 0 aromatic rings. The van der Waals surface area contributed by atoms with Crippen LogP contribution in [0.3, 0.4) is 0 Å². The fourth-order valence-electron chi connectivity index (χ4n) is 2.38. The number of nitrogens with one attached hydrogen (secondary N) is 2. The van der Waals surface area contributed by atoms with E-state index in [1.165, 1.54) is 4.90 Å². The van der Waals surface area contributed by atoms with Crippen molar-refractivity contribution in [1.82, 2.24) is 10.2 Å². The molecule has 6 heteroatoms. The summed E-state index contributed by atoms with van der Waals surface area (Å²) < 4.78 is 0. The lowest BCUT2D eigenvalue weighted by Gasteiger charge is -2.29. The molecule has 0 bridgehead atoms. The van der Waals surface area contributed by atoms with Gasteiger partial charge in [0.15, 0.2) is 0 Å². The summed E-state index contributed by atoms with van der Waals surface area (Å²) in [4.78, 5) is 36.6. The maximum Gasteiger partial charge on any atom is 0.260 e. The Morgan fingerprint density at radius 2 is 2.00 bits per heavy atom. The Labute approximate surface area is 117 Å². The smallest absolute Gasteiger partial charge is 0.260 e. The van der Waals surface area contributed by atoms with Gasteiger partial charge in [0.05, 0.1) is 0 Å². The van der Waals surface area contributed by atoms with Crippen LogP contribution in [0.4, 0.5) is 0 Å². The number of carbonyl (C=O) groups excluding carboxylic acids is 3. The van der Waals surface area contributed by atoms with Crippen molar-refractivity contribution in [3.05, 3.63) is 22.8 Å². The third-order valence-electron chi connectivity index (χ3n) is 3.40. The largest absolute Gasteiger partial charge is 0.295 e. The zero-order chi connectivity index (χ0) is 15.0. The van der Waals surface area contributed by atoms with Crippen molar-refractivity contribution in [2.75, 3.05) is 0 Å². The standard InChI is InChI=1S/C14H17N3O3/c1-7(2)6-9-8(3)12(15)17(14(9)20)10-4-5-11(18)16-13(10)19/h6,10,15H,4-5H2,1-3H3,(H,16,18,19). The molecule has 6 nitrogen and oxygen atoms in total. The van der Waals surface area contributed by atoms with Gasteiger partial charge in [-0.1, -0.05) is 11.6 Å². The Morgan fingerprint density at radius 3 is 2.55 bits per heavy atom. The van der Waals surface area contributed by atoms with Crippen LogP contribution in [0.5, 0.6) is 0 Å². The minimum absolute atomic E-state index is 0.0389. The fourth-order valence-corrected chi connectivity index (χ4v) is 2.38. The molecule has 2 N–H and O–H groups in total. The van der Waals surface area contributed by atoms with E-state index in [9.17, 15) is 14.4 Å². The number of amides is 3. The van der Waals surface area contributed by atoms with Crippen LogP contribution in [0.25, 0.3) is 0 Å². The lowest BCUT2D eigenvalue weighted by atomic mass is 10.0. The summed E-state index contributed by atoms with van der Waals surface area (Å²) >= 11 is 0. The number of nitrogens with zero attached hydrogens (tertiary/aromatic N) is 1. The first-order chi connectivity index (χ1) is 9.32. The van der Waals surface area contributed by atoms with E-state index in [0.717, 1.165) is 5.57 Å². The Balaban J connectivity index is 2.31. The van der Waals surface area contributed by atoms with Crippen LogP contribution in [0, 0.1) is 5.41 Å². The maximum absolute atomic E-state index is 12.4. The molecule has 1 fully saturated rings. The minimum atomic E-state index is -0.772. The summed E-state index contributed by atoms with van der Waals surface area (Å²) in [7, 11) is 0. The van der Waals surface area contributed by atoms with Crippen LogP contribution in [0.1, 0.15) is 33.6 Å². The summed E-state index contributed by atoms with van der Waals surface area (Å²) in [5.74, 6) is -1.15. The number of rotatable bonds is 2. The van der Waals surface area contributed by atoms with Crippen molar-refractivity contribution in [1.29, 1.82) is 5.41 Å². The van der Waals surface area contributed by atoms with Gasteiger partial charge in [-0.25, -0.2) is 0 Å². The molecule has 3 amide bonds. The van der Waals surface area contributed by atoms with Crippen molar-refractivity contribution < 1.29 is 14.4 Å². The number of imide groups is 1. The van der Waals surface area contributed by atoms with E-state index < -0.39 is 11.9 Å². The highest BCUT2D eigenvalue weighted by atomic mass is 16.2. The van der Waals surface area contributed by atoms with Gasteiger partial charge >= 0.3 is 0 Å². The second-order valence-electron chi connectivity index (χ2n) is 5.25. The Morgan fingerprint density at radius 1 is 1.35 bits per heavy atom. The zero-order valence-electron chi connectivity index (χ0n) is 11.7. The molecule has 0 aromatic carbocycles. The number of amidine groups is 1. The summed E-state index contributed by atoms with van der Waals surface area (Å²) in [6, 6.07) is -0.772. The zero-order valence-corrected chi connectivity index (χ0v) is 11.7. The van der Waals surface area contributed by atoms with Crippen LogP contribution in [-0.2, 0) is 14.4 Å². The van der Waals surface area contributed by atoms with Crippen molar-refractivity contribution in [3.8, 4) is 0 Å². The number of piperidine rings is 1. The third kappa shape index (κ3) is 2.29. The predicted octanol–water partition coefficient (Wildman–Crippen LogP) is 0.894. The highest BCUT2D eigenvalue weighted by Gasteiger charge is 2.42. The van der Waals surface area contributed by atoms with Crippen LogP contribution >= 0.6 is 0 Å². The van der Waals surface area contributed by atoms with Gasteiger partial charge in [-0.3, -0.25) is 30.0 Å². The molecular formula is C14H17N3O3. The molecule has 2 aliphatic heterocycles. The SMILES string of the molecule is CC(C)=CC1=C(C)C(=N)N(C2CCC(=O)NC2=O)C1=O. The topological polar surface area (TPSA) is 90.3 Å². The molecule has 20 heavy (non-hydrogen) atoms. The summed E-state index contributed by atoms with van der Waals surface area (Å²) in [5, 5.41) is 10.3. The second kappa shape index (κ2) is 5.03. The normalized spacial score (nSPS) is 23.4. The first-order valence-corrected chi connectivity index (χ1v) is 6.45. The van der Waals surface area contributed by atoms with Crippen molar-refractivity contribution in [3.63, 3.8) is 0 Å². The Bertz CT molecular complexity index is 582. The van der Waals surface area contributed by atoms with Crippen LogP contribution in [0.2, 0.25) is 0 Å². The van der Waals surface area contributed by atoms with E-state index in [-0.39, 0.29) is 30.5 Å². The van der Waals surface area contributed by atoms with Crippen molar-refractivity contribution in [2.24, 2.45) is 0 Å². The summed E-state index contributed by atoms with van der Waals surface area (Å²) in [6.07, 6.45) is 2.16. The molecule has 0 spiro atoms. The molecule has 1 unspecified atom stereocenters. The van der Waals surface area contributed by atoms with E-state index in [1.54, 1.807) is 13.0 Å². The molecule has 1 atom stereocenters. The van der Waals surface area contributed by atoms with Gasteiger partial charge in [0, 0.05) is 17.6 Å². The molecule has 2 aliphatic rings. The molecule has 1 saturated heterocycles. The lowest BCUT2D eigenvalue weighted by Crippen LogP contribution is -2.54. The van der Waals surface area contributed by atoms with Gasteiger partial charge in [0.2, 0.25) is 11.8 Å². The molecule has 0 saturated carbocycles. The molecule has 106 valence electrons. The van der Waals surface area contributed by atoms with Gasteiger partial charge in [0.1, 0.15) is 11.9 Å². The third-order valence-corrected chi connectivity index (χ3v) is 3.40. The predicted molar refractivity (Wildman–Crippen MR) is 72.9 cm³/mol. The van der Waals surface area contributed by atoms with E-state index in [1.807, 2.05) is 13.8 Å². The van der Waals surface area contributed by atoms with Crippen LogP contribution < -0.4 is 5.32 Å². The lowest BCUT2D eigenvalue weighted by molar-refractivity contribution is -0.140. The van der Waals surface area contributed by atoms with Crippen LogP contribution in [-0.4, -0.2) is 34.5 Å². The molecule has 2 rings (SSSR count). The van der Waals surface area contributed by atoms with Gasteiger partial charge in [0.25, 0.3) is 5.91 Å². The van der Waals surface area contributed by atoms with Crippen molar-refractivity contribution in [2.45, 2.75) is 39.7 Å². The monoisotopic (exact) mass is 275 g/mol. The van der Waals surface area contributed by atoms with E-state index in [2.05, 4.69) is 5.32 Å². The van der Waals surface area contributed by atoms with E-state index in [0.29, 0.717) is 11.1 Å². The minimum Gasteiger partial charge on any atom is -0.295 e. The fraction of sp³-hybridized carbons (Fsp3) is 0.429. The summed E-state index contributed by atoms with van der Waals surface area (Å²) in [5.41, 5.74) is 1.95. The van der Waals surface area contributed by atoms with Gasteiger partial charge < -0.3 is 0 Å². The Hall–Kier alpha value is -2.24. The number of hydrogen-bond acceptors (Lipinski definition) is 4. The highest BCUT2D eigenvalue weighted by Crippen LogP contribution is 2.27. The molecule has 0 aliphatic carbocycles. The first-order valence-electron chi connectivity index (χ1n) is 6.45.